The molecule has 1 N–H and O–H groups in total. The van der Waals surface area contributed by atoms with Gasteiger partial charge < -0.3 is 19.7 Å². The first kappa shape index (κ1) is 14.5. The van der Waals surface area contributed by atoms with Gasteiger partial charge in [-0.2, -0.15) is 0 Å². The molecule has 2 saturated heterocycles. The van der Waals surface area contributed by atoms with E-state index in [4.69, 9.17) is 9.47 Å². The zero-order valence-electron chi connectivity index (χ0n) is 12.0. The van der Waals surface area contributed by atoms with Crippen molar-refractivity contribution in [2.24, 2.45) is 0 Å². The molecule has 3 atom stereocenters. The minimum atomic E-state index is -1.17. The van der Waals surface area contributed by atoms with Crippen molar-refractivity contribution in [3.05, 3.63) is 0 Å². The number of carbonyl (C=O) groups is 1. The first-order valence-electron chi connectivity index (χ1n) is 6.71. The maximum atomic E-state index is 14.4. The third kappa shape index (κ3) is 3.00. The molecular weight excluding hydrogens is 251 g/mol. The van der Waals surface area contributed by atoms with Gasteiger partial charge in [0.05, 0.1) is 31.3 Å². The number of nitrogens with one attached hydrogen (secondary N) is 1. The topological polar surface area (TPSA) is 50.8 Å². The van der Waals surface area contributed by atoms with E-state index < -0.39 is 23.4 Å². The van der Waals surface area contributed by atoms with Crippen molar-refractivity contribution in [2.75, 3.05) is 26.2 Å². The van der Waals surface area contributed by atoms with Gasteiger partial charge in [-0.05, 0) is 27.7 Å². The van der Waals surface area contributed by atoms with Gasteiger partial charge in [0.2, 0.25) is 0 Å². The predicted molar refractivity (Wildman–Crippen MR) is 68.9 cm³/mol. The minimum absolute atomic E-state index is 0.0400. The molecule has 0 saturated carbocycles. The van der Waals surface area contributed by atoms with Crippen LogP contribution in [0.2, 0.25) is 0 Å². The number of alkyl halides is 1. The second kappa shape index (κ2) is 4.90. The van der Waals surface area contributed by atoms with Crippen LogP contribution in [-0.2, 0) is 9.47 Å². The van der Waals surface area contributed by atoms with Crippen LogP contribution in [0.1, 0.15) is 27.7 Å². The van der Waals surface area contributed by atoms with Crippen LogP contribution >= 0.6 is 0 Å². The third-order valence-corrected chi connectivity index (χ3v) is 3.67. The number of nitrogens with zero attached hydrogens (tertiary/aromatic N) is 1. The van der Waals surface area contributed by atoms with Gasteiger partial charge in [-0.1, -0.05) is 0 Å². The summed E-state index contributed by atoms with van der Waals surface area (Å²) in [5.41, 5.74) is -1.29. The van der Waals surface area contributed by atoms with Crippen LogP contribution in [0.4, 0.5) is 9.18 Å². The fourth-order valence-electron chi connectivity index (χ4n) is 2.50. The Morgan fingerprint density at radius 3 is 2.79 bits per heavy atom. The summed E-state index contributed by atoms with van der Waals surface area (Å²) in [6.07, 6.45) is -1.98. The van der Waals surface area contributed by atoms with Gasteiger partial charge >= 0.3 is 6.09 Å². The number of piperidine rings is 1. The summed E-state index contributed by atoms with van der Waals surface area (Å²) in [6.45, 7) is 8.78. The Labute approximate surface area is 113 Å². The second-order valence-electron chi connectivity index (χ2n) is 6.42. The number of amides is 1. The van der Waals surface area contributed by atoms with E-state index >= 15 is 0 Å². The van der Waals surface area contributed by atoms with Crippen LogP contribution < -0.4 is 5.32 Å². The molecule has 2 aliphatic rings. The van der Waals surface area contributed by atoms with Gasteiger partial charge in [0.25, 0.3) is 0 Å². The summed E-state index contributed by atoms with van der Waals surface area (Å²) in [7, 11) is 0. The van der Waals surface area contributed by atoms with Crippen LogP contribution in [0.3, 0.4) is 0 Å². The summed E-state index contributed by atoms with van der Waals surface area (Å²) in [5, 5.41) is 3.18. The van der Waals surface area contributed by atoms with E-state index in [0.717, 1.165) is 0 Å². The van der Waals surface area contributed by atoms with Crippen molar-refractivity contribution < 1.29 is 18.7 Å². The van der Waals surface area contributed by atoms with Crippen molar-refractivity contribution in [1.82, 2.24) is 10.2 Å². The van der Waals surface area contributed by atoms with Gasteiger partial charge in [0.15, 0.2) is 0 Å². The van der Waals surface area contributed by atoms with E-state index in [1.807, 2.05) is 6.92 Å². The lowest BCUT2D eigenvalue weighted by Gasteiger charge is -2.50. The molecule has 0 aromatic rings. The molecule has 110 valence electrons. The standard InChI is InChI=1S/C13H23FN2O3/c1-12(2,3)19-11(17)16-7-9(14)13(4)10(8-16)18-6-5-15-13/h9-10,15H,5-8H2,1-4H3/t9-,10-,13+/m1/s1. The fraction of sp³-hybridized carbons (Fsp3) is 0.923. The molecule has 0 bridgehead atoms. The Kier molecular flexibility index (Phi) is 3.75. The van der Waals surface area contributed by atoms with Gasteiger partial charge in [-0.25, -0.2) is 9.18 Å². The molecule has 1 amide bonds. The summed E-state index contributed by atoms with van der Waals surface area (Å²) < 4.78 is 25.3. The summed E-state index contributed by atoms with van der Waals surface area (Å²) in [6, 6.07) is 0. The zero-order valence-corrected chi connectivity index (χ0v) is 12.0. The zero-order chi connectivity index (χ0) is 14.3. The van der Waals surface area contributed by atoms with Gasteiger partial charge in [0, 0.05) is 6.54 Å². The largest absolute Gasteiger partial charge is 0.444 e. The number of ether oxygens (including phenoxy) is 2. The molecule has 2 heterocycles. The number of likely N-dealkylation sites (tertiary alicyclic amines) is 1. The molecule has 2 rings (SSSR count). The number of carbonyl (C=O) groups excluding carboxylic acids is 1. The summed E-state index contributed by atoms with van der Waals surface area (Å²) in [4.78, 5) is 13.4. The highest BCUT2D eigenvalue weighted by molar-refractivity contribution is 5.68. The molecular formula is C13H23FN2O3. The van der Waals surface area contributed by atoms with Gasteiger partial charge in [-0.3, -0.25) is 0 Å². The molecule has 0 unspecified atom stereocenters. The molecule has 0 aliphatic carbocycles. The van der Waals surface area contributed by atoms with Crippen molar-refractivity contribution in [3.63, 3.8) is 0 Å². The highest BCUT2D eigenvalue weighted by Gasteiger charge is 2.50. The van der Waals surface area contributed by atoms with E-state index in [9.17, 15) is 9.18 Å². The van der Waals surface area contributed by atoms with E-state index in [2.05, 4.69) is 5.32 Å². The van der Waals surface area contributed by atoms with Crippen LogP contribution in [0.15, 0.2) is 0 Å². The monoisotopic (exact) mass is 274 g/mol. The molecule has 2 fully saturated rings. The smallest absolute Gasteiger partial charge is 0.410 e. The average Bonchev–Trinajstić information content (AvgIpc) is 2.28. The maximum absolute atomic E-state index is 14.4. The first-order valence-corrected chi connectivity index (χ1v) is 6.71. The molecule has 0 aromatic carbocycles. The van der Waals surface area contributed by atoms with Crippen molar-refractivity contribution in [1.29, 1.82) is 0 Å². The lowest BCUT2D eigenvalue weighted by atomic mass is 9.84. The van der Waals surface area contributed by atoms with Crippen molar-refractivity contribution >= 4 is 6.09 Å². The predicted octanol–water partition coefficient (Wildman–Crippen LogP) is 1.32. The average molecular weight is 274 g/mol. The Hall–Kier alpha value is -0.880. The number of hydrogen-bond donors (Lipinski definition) is 1. The van der Waals surface area contributed by atoms with Crippen molar-refractivity contribution in [2.45, 2.75) is 51.1 Å². The molecule has 2 aliphatic heterocycles. The SMILES string of the molecule is CC(C)(C)OC(=O)N1C[C@@H](F)[C@]2(C)NCCO[C@@H]2C1. The Morgan fingerprint density at radius 1 is 1.47 bits per heavy atom. The Morgan fingerprint density at radius 2 is 2.16 bits per heavy atom. The van der Waals surface area contributed by atoms with E-state index in [1.165, 1.54) is 4.90 Å². The van der Waals surface area contributed by atoms with Crippen molar-refractivity contribution in [3.8, 4) is 0 Å². The Balaban J connectivity index is 2.05. The first-order chi connectivity index (χ1) is 8.72. The summed E-state index contributed by atoms with van der Waals surface area (Å²) >= 11 is 0. The minimum Gasteiger partial charge on any atom is -0.444 e. The second-order valence-corrected chi connectivity index (χ2v) is 6.42. The highest BCUT2D eigenvalue weighted by atomic mass is 19.1. The van der Waals surface area contributed by atoms with E-state index in [-0.39, 0.29) is 12.6 Å². The quantitative estimate of drug-likeness (QED) is 0.724. The van der Waals surface area contributed by atoms with E-state index in [1.54, 1.807) is 20.8 Å². The number of morpholine rings is 1. The van der Waals surface area contributed by atoms with Crippen LogP contribution in [-0.4, -0.2) is 60.6 Å². The molecule has 0 radical (unpaired) electrons. The number of hydrogen-bond acceptors (Lipinski definition) is 4. The lowest BCUT2D eigenvalue weighted by molar-refractivity contribution is -0.116. The summed E-state index contributed by atoms with van der Waals surface area (Å²) in [5.74, 6) is 0. The highest BCUT2D eigenvalue weighted by Crippen LogP contribution is 2.30. The molecule has 6 heteroatoms. The number of fused-ring (bicyclic) bond motifs is 1. The van der Waals surface area contributed by atoms with Crippen LogP contribution in [0.5, 0.6) is 0 Å². The lowest BCUT2D eigenvalue weighted by Crippen LogP contribution is -2.71. The molecule has 5 nitrogen and oxygen atoms in total. The molecule has 19 heavy (non-hydrogen) atoms. The third-order valence-electron chi connectivity index (χ3n) is 3.67. The Bertz CT molecular complexity index is 358. The van der Waals surface area contributed by atoms with Crippen LogP contribution in [0.25, 0.3) is 0 Å². The van der Waals surface area contributed by atoms with Crippen LogP contribution in [0, 0.1) is 0 Å². The van der Waals surface area contributed by atoms with Gasteiger partial charge in [0.1, 0.15) is 11.8 Å². The molecule has 0 aromatic heterocycles. The normalized spacial score (nSPS) is 35.7. The number of rotatable bonds is 0. The fourth-order valence-corrected chi connectivity index (χ4v) is 2.50. The number of halogens is 1. The molecule has 0 spiro atoms. The van der Waals surface area contributed by atoms with E-state index in [0.29, 0.717) is 19.7 Å². The van der Waals surface area contributed by atoms with Gasteiger partial charge in [-0.15, -0.1) is 0 Å². The maximum Gasteiger partial charge on any atom is 0.410 e.